The summed E-state index contributed by atoms with van der Waals surface area (Å²) >= 11 is 0. The average Bonchev–Trinajstić information content (AvgIpc) is 2.39. The second kappa shape index (κ2) is 5.93. The van der Waals surface area contributed by atoms with E-state index in [-0.39, 0.29) is 23.9 Å². The monoisotopic (exact) mass is 296 g/mol. The second-order valence-electron chi connectivity index (χ2n) is 6.89. The average molecular weight is 296 g/mol. The fourth-order valence-electron chi connectivity index (χ4n) is 3.23. The lowest BCUT2D eigenvalue weighted by molar-refractivity contribution is -0.154. The van der Waals surface area contributed by atoms with Crippen LogP contribution in [0.3, 0.4) is 0 Å². The summed E-state index contributed by atoms with van der Waals surface area (Å²) in [6.07, 6.45) is 0.653. The lowest BCUT2D eigenvalue weighted by Gasteiger charge is -2.46. The number of nitrogens with one attached hydrogen (secondary N) is 1. The molecule has 0 radical (unpaired) electrons. The van der Waals surface area contributed by atoms with Crippen molar-refractivity contribution in [3.05, 3.63) is 0 Å². The lowest BCUT2D eigenvalue weighted by Crippen LogP contribution is -2.70. The number of nitrogens with zero attached hydrogens (tertiary/aromatic N) is 3. The molecule has 0 aromatic rings. The molecule has 21 heavy (non-hydrogen) atoms. The minimum atomic E-state index is -0.804. The van der Waals surface area contributed by atoms with Gasteiger partial charge in [0.2, 0.25) is 11.8 Å². The van der Waals surface area contributed by atoms with Crippen LogP contribution >= 0.6 is 0 Å². The fourth-order valence-corrected chi connectivity index (χ4v) is 3.23. The predicted octanol–water partition coefficient (Wildman–Crippen LogP) is -0.252. The Balaban J connectivity index is 2.17. The van der Waals surface area contributed by atoms with Gasteiger partial charge in [0.25, 0.3) is 0 Å². The first kappa shape index (κ1) is 16.2. The molecule has 1 N–H and O–H groups in total. The standard InChI is InChI=1S/C15H28N4O2/c1-6-12-13(20)16-15(2,3)14(21)19(12)10-11-9-17(4)7-8-18(11)5/h11-12H,6-10H2,1-5H3,(H,16,20). The van der Waals surface area contributed by atoms with Crippen LogP contribution in [0.1, 0.15) is 27.2 Å². The molecule has 2 fully saturated rings. The summed E-state index contributed by atoms with van der Waals surface area (Å²) in [7, 11) is 4.20. The molecule has 0 aromatic heterocycles. The normalized spacial score (nSPS) is 31.4. The van der Waals surface area contributed by atoms with E-state index >= 15 is 0 Å². The molecule has 6 nitrogen and oxygen atoms in total. The van der Waals surface area contributed by atoms with E-state index in [2.05, 4.69) is 29.2 Å². The molecule has 6 heteroatoms. The Hall–Kier alpha value is -1.14. The van der Waals surface area contributed by atoms with E-state index in [0.717, 1.165) is 19.6 Å². The maximum Gasteiger partial charge on any atom is 0.248 e. The Morgan fingerprint density at radius 2 is 1.90 bits per heavy atom. The van der Waals surface area contributed by atoms with Crippen LogP contribution in [-0.4, -0.2) is 84.4 Å². The van der Waals surface area contributed by atoms with Crippen LogP contribution in [0.15, 0.2) is 0 Å². The quantitative estimate of drug-likeness (QED) is 0.780. The largest absolute Gasteiger partial charge is 0.340 e. The molecule has 2 saturated heterocycles. The van der Waals surface area contributed by atoms with Gasteiger partial charge in [0, 0.05) is 32.2 Å². The van der Waals surface area contributed by atoms with Gasteiger partial charge in [0.05, 0.1) is 0 Å². The molecule has 120 valence electrons. The van der Waals surface area contributed by atoms with E-state index in [9.17, 15) is 9.59 Å². The number of amides is 2. The van der Waals surface area contributed by atoms with Gasteiger partial charge in [0.15, 0.2) is 0 Å². The number of piperazine rings is 2. The SMILES string of the molecule is CCC1C(=O)NC(C)(C)C(=O)N1CC1CN(C)CCN1C. The molecule has 2 aliphatic rings. The topological polar surface area (TPSA) is 55.9 Å². The number of carbonyl (C=O) groups excluding carboxylic acids is 2. The summed E-state index contributed by atoms with van der Waals surface area (Å²) < 4.78 is 0. The summed E-state index contributed by atoms with van der Waals surface area (Å²) in [5.74, 6) is -0.00973. The number of hydrogen-bond donors (Lipinski definition) is 1. The molecular formula is C15H28N4O2. The Kier molecular flexibility index (Phi) is 4.58. The maximum absolute atomic E-state index is 12.7. The van der Waals surface area contributed by atoms with Crippen LogP contribution in [0.5, 0.6) is 0 Å². The number of rotatable bonds is 3. The highest BCUT2D eigenvalue weighted by atomic mass is 16.2. The summed E-state index contributed by atoms with van der Waals surface area (Å²) in [4.78, 5) is 31.3. The highest BCUT2D eigenvalue weighted by molar-refractivity contribution is 5.99. The third kappa shape index (κ3) is 3.21. The molecule has 2 atom stereocenters. The fraction of sp³-hybridized carbons (Fsp3) is 0.867. The molecule has 0 aromatic carbocycles. The van der Waals surface area contributed by atoms with Crippen LogP contribution in [0.25, 0.3) is 0 Å². The Bertz CT molecular complexity index is 424. The minimum absolute atomic E-state index is 0.0237. The highest BCUT2D eigenvalue weighted by Gasteiger charge is 2.45. The van der Waals surface area contributed by atoms with Crippen molar-refractivity contribution in [1.29, 1.82) is 0 Å². The summed E-state index contributed by atoms with van der Waals surface area (Å²) in [5.41, 5.74) is -0.804. The third-order valence-corrected chi connectivity index (χ3v) is 4.68. The van der Waals surface area contributed by atoms with E-state index in [0.29, 0.717) is 13.0 Å². The maximum atomic E-state index is 12.7. The number of carbonyl (C=O) groups is 2. The molecule has 2 aliphatic heterocycles. The number of hydrogen-bond acceptors (Lipinski definition) is 4. The van der Waals surface area contributed by atoms with E-state index in [1.54, 1.807) is 18.7 Å². The van der Waals surface area contributed by atoms with Crippen LogP contribution in [0.2, 0.25) is 0 Å². The van der Waals surface area contributed by atoms with Gasteiger partial charge in [0.1, 0.15) is 11.6 Å². The molecular weight excluding hydrogens is 268 g/mol. The molecule has 2 rings (SSSR count). The molecule has 0 saturated carbocycles. The van der Waals surface area contributed by atoms with Crippen LogP contribution in [0, 0.1) is 0 Å². The molecule has 2 heterocycles. The van der Waals surface area contributed by atoms with Crippen molar-refractivity contribution >= 4 is 11.8 Å². The summed E-state index contributed by atoms with van der Waals surface area (Å²) in [6.45, 7) is 9.11. The van der Waals surface area contributed by atoms with E-state index in [1.807, 2.05) is 6.92 Å². The van der Waals surface area contributed by atoms with Crippen molar-refractivity contribution in [3.63, 3.8) is 0 Å². The zero-order valence-corrected chi connectivity index (χ0v) is 13.8. The van der Waals surface area contributed by atoms with E-state index in [1.165, 1.54) is 0 Å². The van der Waals surface area contributed by atoms with Gasteiger partial charge >= 0.3 is 0 Å². The Morgan fingerprint density at radius 3 is 2.52 bits per heavy atom. The molecule has 0 bridgehead atoms. The zero-order chi connectivity index (χ0) is 15.8. The van der Waals surface area contributed by atoms with Gasteiger partial charge in [-0.25, -0.2) is 0 Å². The first-order valence-corrected chi connectivity index (χ1v) is 7.78. The van der Waals surface area contributed by atoms with Gasteiger partial charge < -0.3 is 15.1 Å². The Morgan fingerprint density at radius 1 is 1.24 bits per heavy atom. The zero-order valence-electron chi connectivity index (χ0n) is 13.8. The smallest absolute Gasteiger partial charge is 0.248 e. The van der Waals surface area contributed by atoms with Crippen molar-refractivity contribution in [2.45, 2.75) is 44.8 Å². The minimum Gasteiger partial charge on any atom is -0.340 e. The van der Waals surface area contributed by atoms with E-state index in [4.69, 9.17) is 0 Å². The first-order valence-electron chi connectivity index (χ1n) is 7.78. The second-order valence-corrected chi connectivity index (χ2v) is 6.89. The molecule has 0 aliphatic carbocycles. The molecule has 2 unspecified atom stereocenters. The summed E-state index contributed by atoms with van der Waals surface area (Å²) in [6, 6.07) is -0.0605. The molecule has 2 amide bonds. The van der Waals surface area contributed by atoms with Crippen molar-refractivity contribution in [2.24, 2.45) is 0 Å². The predicted molar refractivity (Wildman–Crippen MR) is 81.9 cm³/mol. The summed E-state index contributed by atoms with van der Waals surface area (Å²) in [5, 5.41) is 2.84. The third-order valence-electron chi connectivity index (χ3n) is 4.68. The van der Waals surface area contributed by atoms with Gasteiger partial charge in [-0.15, -0.1) is 0 Å². The Labute approximate surface area is 127 Å². The van der Waals surface area contributed by atoms with Gasteiger partial charge in [-0.05, 0) is 34.4 Å². The highest BCUT2D eigenvalue weighted by Crippen LogP contribution is 2.21. The van der Waals surface area contributed by atoms with Crippen molar-refractivity contribution < 1.29 is 9.59 Å². The van der Waals surface area contributed by atoms with Gasteiger partial charge in [-0.2, -0.15) is 0 Å². The van der Waals surface area contributed by atoms with Crippen molar-refractivity contribution in [3.8, 4) is 0 Å². The van der Waals surface area contributed by atoms with Gasteiger partial charge in [-0.1, -0.05) is 6.92 Å². The van der Waals surface area contributed by atoms with Crippen LogP contribution < -0.4 is 5.32 Å². The molecule has 0 spiro atoms. The lowest BCUT2D eigenvalue weighted by atomic mass is 9.95. The van der Waals surface area contributed by atoms with Crippen molar-refractivity contribution in [2.75, 3.05) is 40.3 Å². The van der Waals surface area contributed by atoms with Crippen molar-refractivity contribution in [1.82, 2.24) is 20.0 Å². The van der Waals surface area contributed by atoms with E-state index < -0.39 is 5.54 Å². The first-order chi connectivity index (χ1) is 9.76. The van der Waals surface area contributed by atoms with Gasteiger partial charge in [-0.3, -0.25) is 14.5 Å². The number of likely N-dealkylation sites (N-methyl/N-ethyl adjacent to an activating group) is 2. The van der Waals surface area contributed by atoms with Crippen LogP contribution in [-0.2, 0) is 9.59 Å². The van der Waals surface area contributed by atoms with Crippen LogP contribution in [0.4, 0.5) is 0 Å².